The molecule has 0 saturated heterocycles. The molecule has 0 unspecified atom stereocenters. The smallest absolute Gasteiger partial charge is 0.314 e. The predicted molar refractivity (Wildman–Crippen MR) is 80.8 cm³/mol. The summed E-state index contributed by atoms with van der Waals surface area (Å²) in [6.07, 6.45) is 0. The number of rotatable bonds is 4. The number of carbonyl (C=O) groups is 1. The molecular formula is C16H26N2O. The quantitative estimate of drug-likeness (QED) is 0.858. The van der Waals surface area contributed by atoms with Gasteiger partial charge < -0.3 is 10.6 Å². The average molecular weight is 262 g/mol. The van der Waals surface area contributed by atoms with Gasteiger partial charge in [-0.2, -0.15) is 0 Å². The van der Waals surface area contributed by atoms with Gasteiger partial charge in [-0.05, 0) is 29.5 Å². The lowest BCUT2D eigenvalue weighted by Crippen LogP contribution is -2.41. The van der Waals surface area contributed by atoms with Crippen LogP contribution in [0.15, 0.2) is 18.2 Å². The van der Waals surface area contributed by atoms with Crippen LogP contribution in [0.5, 0.6) is 0 Å². The van der Waals surface area contributed by atoms with E-state index in [4.69, 9.17) is 0 Å². The molecule has 0 aliphatic rings. The van der Waals surface area contributed by atoms with E-state index in [1.807, 2.05) is 0 Å². The first-order valence-electron chi connectivity index (χ1n) is 6.84. The van der Waals surface area contributed by atoms with E-state index in [2.05, 4.69) is 63.5 Å². The van der Waals surface area contributed by atoms with Crippen LogP contribution in [-0.4, -0.2) is 19.6 Å². The van der Waals surface area contributed by atoms with Crippen LogP contribution in [0.4, 0.5) is 4.79 Å². The van der Waals surface area contributed by atoms with E-state index in [1.54, 1.807) is 7.05 Å². The maximum absolute atomic E-state index is 11.3. The van der Waals surface area contributed by atoms with E-state index in [0.29, 0.717) is 12.5 Å². The summed E-state index contributed by atoms with van der Waals surface area (Å²) in [5.74, 6) is 0.516. The van der Waals surface area contributed by atoms with Gasteiger partial charge in [-0.3, -0.25) is 0 Å². The van der Waals surface area contributed by atoms with Crippen molar-refractivity contribution in [2.75, 3.05) is 13.6 Å². The molecular weight excluding hydrogens is 236 g/mol. The Morgan fingerprint density at radius 3 is 2.47 bits per heavy atom. The molecule has 3 heteroatoms. The molecule has 2 amide bonds. The number of benzene rings is 1. The summed E-state index contributed by atoms with van der Waals surface area (Å²) in [5, 5.41) is 5.48. The predicted octanol–water partition coefficient (Wildman–Crippen LogP) is 3.33. The molecule has 3 nitrogen and oxygen atoms in total. The third kappa shape index (κ3) is 3.98. The highest BCUT2D eigenvalue weighted by molar-refractivity contribution is 5.73. The van der Waals surface area contributed by atoms with Crippen molar-refractivity contribution in [1.29, 1.82) is 0 Å². The summed E-state index contributed by atoms with van der Waals surface area (Å²) < 4.78 is 0. The third-order valence-corrected chi connectivity index (χ3v) is 3.58. The Hall–Kier alpha value is -1.51. The van der Waals surface area contributed by atoms with Gasteiger partial charge in [-0.1, -0.05) is 45.9 Å². The zero-order valence-electron chi connectivity index (χ0n) is 12.9. The first-order chi connectivity index (χ1) is 8.77. The second-order valence-electron chi connectivity index (χ2n) is 6.05. The molecule has 19 heavy (non-hydrogen) atoms. The maximum Gasteiger partial charge on any atom is 0.314 e. The summed E-state index contributed by atoms with van der Waals surface area (Å²) in [7, 11) is 1.63. The second-order valence-corrected chi connectivity index (χ2v) is 6.05. The number of nitrogens with one attached hydrogen (secondary N) is 2. The molecule has 0 atom stereocenters. The van der Waals surface area contributed by atoms with Gasteiger partial charge in [-0.15, -0.1) is 0 Å². The van der Waals surface area contributed by atoms with Crippen molar-refractivity contribution >= 4 is 6.03 Å². The molecule has 106 valence electrons. The van der Waals surface area contributed by atoms with Crippen LogP contribution in [0.2, 0.25) is 0 Å². The minimum atomic E-state index is -0.134. The molecule has 1 rings (SSSR count). The maximum atomic E-state index is 11.3. The summed E-state index contributed by atoms with van der Waals surface area (Å²) in [6.45, 7) is 11.5. The van der Waals surface area contributed by atoms with Gasteiger partial charge in [0.05, 0.1) is 0 Å². The van der Waals surface area contributed by atoms with E-state index >= 15 is 0 Å². The molecule has 0 aromatic heterocycles. The number of hydrogen-bond acceptors (Lipinski definition) is 1. The van der Waals surface area contributed by atoms with Crippen molar-refractivity contribution in [1.82, 2.24) is 10.6 Å². The minimum Gasteiger partial charge on any atom is -0.341 e. The minimum absolute atomic E-state index is 0.0819. The molecule has 0 bridgehead atoms. The van der Waals surface area contributed by atoms with Crippen LogP contribution in [0.1, 0.15) is 50.3 Å². The summed E-state index contributed by atoms with van der Waals surface area (Å²) >= 11 is 0. The van der Waals surface area contributed by atoms with Crippen LogP contribution >= 0.6 is 0 Å². The fraction of sp³-hybridized carbons (Fsp3) is 0.562. The first-order valence-corrected chi connectivity index (χ1v) is 6.84. The normalized spacial score (nSPS) is 11.5. The molecule has 1 aromatic carbocycles. The van der Waals surface area contributed by atoms with Gasteiger partial charge in [0.2, 0.25) is 0 Å². The fourth-order valence-electron chi connectivity index (χ4n) is 2.21. The molecule has 0 aliphatic heterocycles. The third-order valence-electron chi connectivity index (χ3n) is 3.58. The van der Waals surface area contributed by atoms with Crippen LogP contribution in [0.25, 0.3) is 0 Å². The van der Waals surface area contributed by atoms with Crippen molar-refractivity contribution < 1.29 is 4.79 Å². The Balaban J connectivity index is 2.99. The Morgan fingerprint density at radius 1 is 1.32 bits per heavy atom. The van der Waals surface area contributed by atoms with Crippen LogP contribution < -0.4 is 10.6 Å². The van der Waals surface area contributed by atoms with Gasteiger partial charge in [0.15, 0.2) is 0 Å². The topological polar surface area (TPSA) is 41.1 Å². The number of urea groups is 1. The number of carbonyl (C=O) groups excluding carboxylic acids is 1. The average Bonchev–Trinajstić information content (AvgIpc) is 2.36. The second kappa shape index (κ2) is 6.09. The van der Waals surface area contributed by atoms with Crippen LogP contribution in [0.3, 0.4) is 0 Å². The molecule has 1 aromatic rings. The van der Waals surface area contributed by atoms with E-state index in [9.17, 15) is 4.79 Å². The molecule has 2 N–H and O–H groups in total. The number of amides is 2. The lowest BCUT2D eigenvalue weighted by Gasteiger charge is -2.28. The van der Waals surface area contributed by atoms with Crippen LogP contribution in [-0.2, 0) is 5.41 Å². The van der Waals surface area contributed by atoms with Crippen molar-refractivity contribution in [3.63, 3.8) is 0 Å². The van der Waals surface area contributed by atoms with E-state index in [1.165, 1.54) is 16.7 Å². The van der Waals surface area contributed by atoms with Gasteiger partial charge in [0, 0.05) is 19.0 Å². The highest BCUT2D eigenvalue weighted by Gasteiger charge is 2.23. The Kier molecular flexibility index (Phi) is 4.98. The SMILES string of the molecule is CNC(=O)NCC(C)(C)c1cc(C(C)C)ccc1C. The number of hydrogen-bond donors (Lipinski definition) is 2. The molecule has 0 heterocycles. The van der Waals surface area contributed by atoms with Crippen molar-refractivity contribution in [3.8, 4) is 0 Å². The Bertz CT molecular complexity index is 450. The highest BCUT2D eigenvalue weighted by atomic mass is 16.2. The van der Waals surface area contributed by atoms with Gasteiger partial charge in [0.25, 0.3) is 0 Å². The standard InChI is InChI=1S/C16H26N2O/c1-11(2)13-8-7-12(3)14(9-13)16(4,5)10-18-15(19)17-6/h7-9,11H,10H2,1-6H3,(H2,17,18,19). The van der Waals surface area contributed by atoms with Gasteiger partial charge in [0.1, 0.15) is 0 Å². The summed E-state index contributed by atoms with van der Waals surface area (Å²) in [4.78, 5) is 11.3. The molecule has 0 radical (unpaired) electrons. The number of aryl methyl sites for hydroxylation is 1. The van der Waals surface area contributed by atoms with E-state index in [0.717, 1.165) is 0 Å². The van der Waals surface area contributed by atoms with Gasteiger partial charge in [-0.25, -0.2) is 4.79 Å². The lowest BCUT2D eigenvalue weighted by atomic mass is 9.80. The Morgan fingerprint density at radius 2 is 1.95 bits per heavy atom. The fourth-order valence-corrected chi connectivity index (χ4v) is 2.21. The molecule has 0 spiro atoms. The first kappa shape index (κ1) is 15.5. The molecule has 0 aliphatic carbocycles. The zero-order valence-corrected chi connectivity index (χ0v) is 12.9. The van der Waals surface area contributed by atoms with Crippen molar-refractivity contribution in [3.05, 3.63) is 34.9 Å². The van der Waals surface area contributed by atoms with Crippen molar-refractivity contribution in [2.24, 2.45) is 0 Å². The monoisotopic (exact) mass is 262 g/mol. The molecule has 0 saturated carbocycles. The summed E-state index contributed by atoms with van der Waals surface area (Å²) in [6, 6.07) is 6.49. The zero-order chi connectivity index (χ0) is 14.6. The largest absolute Gasteiger partial charge is 0.341 e. The molecule has 0 fully saturated rings. The van der Waals surface area contributed by atoms with E-state index < -0.39 is 0 Å². The Labute approximate surface area is 116 Å². The summed E-state index contributed by atoms with van der Waals surface area (Å²) in [5.41, 5.74) is 3.83. The lowest BCUT2D eigenvalue weighted by molar-refractivity contribution is 0.240. The van der Waals surface area contributed by atoms with Gasteiger partial charge >= 0.3 is 6.03 Å². The van der Waals surface area contributed by atoms with E-state index in [-0.39, 0.29) is 11.4 Å². The van der Waals surface area contributed by atoms with Crippen LogP contribution in [0, 0.1) is 6.92 Å². The highest BCUT2D eigenvalue weighted by Crippen LogP contribution is 2.28. The van der Waals surface area contributed by atoms with Crippen molar-refractivity contribution in [2.45, 2.75) is 46.0 Å².